The van der Waals surface area contributed by atoms with E-state index < -0.39 is 0 Å². The second-order valence-corrected chi connectivity index (χ2v) is 4.31. The Morgan fingerprint density at radius 1 is 1.50 bits per heavy atom. The minimum absolute atomic E-state index is 0.105. The molecule has 0 aromatic heterocycles. The summed E-state index contributed by atoms with van der Waals surface area (Å²) in [5.74, 6) is 0. The highest BCUT2D eigenvalue weighted by molar-refractivity contribution is 8.10. The zero-order valence-corrected chi connectivity index (χ0v) is 8.72. The van der Waals surface area contributed by atoms with Crippen LogP contribution in [-0.4, -0.2) is 21.3 Å². The molecule has 0 saturated carbocycles. The van der Waals surface area contributed by atoms with Gasteiger partial charge in [-0.2, -0.15) is 0 Å². The minimum Gasteiger partial charge on any atom is -0.353 e. The summed E-state index contributed by atoms with van der Waals surface area (Å²) in [6.45, 7) is 9.37. The fourth-order valence-electron chi connectivity index (χ4n) is 0.897. The van der Waals surface area contributed by atoms with Crippen LogP contribution in [0.1, 0.15) is 27.7 Å². The van der Waals surface area contributed by atoms with E-state index in [9.17, 15) is 0 Å². The molecule has 0 radical (unpaired) electrons. The lowest BCUT2D eigenvalue weighted by Crippen LogP contribution is -2.42. The standard InChI is InChI=1S/C7H15NS2/c1-5-8(6(9)10)7(2,3)4/h5H2,1-4H3,(H,9,10). The quantitative estimate of drug-likeness (QED) is 0.484. The third-order valence-electron chi connectivity index (χ3n) is 1.36. The predicted molar refractivity (Wildman–Crippen MR) is 53.7 cm³/mol. The van der Waals surface area contributed by atoms with Crippen molar-refractivity contribution >= 4 is 29.2 Å². The first-order valence-corrected chi connectivity index (χ1v) is 4.25. The topological polar surface area (TPSA) is 3.24 Å². The smallest absolute Gasteiger partial charge is 0.133 e. The molecule has 0 N–H and O–H groups in total. The van der Waals surface area contributed by atoms with Crippen LogP contribution in [0, 0.1) is 0 Å². The van der Waals surface area contributed by atoms with Gasteiger partial charge in [0.15, 0.2) is 0 Å². The normalized spacial score (nSPS) is 11.3. The third-order valence-corrected chi connectivity index (χ3v) is 1.82. The molecule has 3 heteroatoms. The largest absolute Gasteiger partial charge is 0.353 e. The molecule has 0 amide bonds. The summed E-state index contributed by atoms with van der Waals surface area (Å²) < 4.78 is 0.676. The van der Waals surface area contributed by atoms with E-state index in [2.05, 4.69) is 45.2 Å². The molecule has 60 valence electrons. The molecule has 0 spiro atoms. The Hall–Kier alpha value is 0.240. The highest BCUT2D eigenvalue weighted by Crippen LogP contribution is 2.14. The average molecular weight is 177 g/mol. The number of rotatable bonds is 1. The lowest BCUT2D eigenvalue weighted by molar-refractivity contribution is 0.257. The van der Waals surface area contributed by atoms with E-state index in [4.69, 9.17) is 12.2 Å². The predicted octanol–water partition coefficient (Wildman–Crippen LogP) is 2.32. The molecule has 0 aliphatic heterocycles. The fraction of sp³-hybridized carbons (Fsp3) is 0.857. The van der Waals surface area contributed by atoms with Gasteiger partial charge in [0.1, 0.15) is 4.32 Å². The molecule has 0 bridgehead atoms. The van der Waals surface area contributed by atoms with Crippen molar-refractivity contribution in [3.8, 4) is 0 Å². The monoisotopic (exact) mass is 177 g/mol. The Kier molecular flexibility index (Phi) is 3.66. The van der Waals surface area contributed by atoms with Gasteiger partial charge in [-0.25, -0.2) is 0 Å². The molecule has 10 heavy (non-hydrogen) atoms. The second kappa shape index (κ2) is 3.58. The van der Waals surface area contributed by atoms with Crippen LogP contribution in [0.5, 0.6) is 0 Å². The first-order chi connectivity index (χ1) is 4.39. The summed E-state index contributed by atoms with van der Waals surface area (Å²) >= 11 is 9.08. The lowest BCUT2D eigenvalue weighted by Gasteiger charge is -2.35. The van der Waals surface area contributed by atoms with Gasteiger partial charge in [0.05, 0.1) is 0 Å². The fourth-order valence-corrected chi connectivity index (χ4v) is 1.74. The first-order valence-electron chi connectivity index (χ1n) is 3.40. The van der Waals surface area contributed by atoms with Gasteiger partial charge < -0.3 is 4.90 Å². The highest BCUT2D eigenvalue weighted by atomic mass is 32.1. The van der Waals surface area contributed by atoms with Crippen molar-refractivity contribution in [1.82, 2.24) is 4.90 Å². The molecular weight excluding hydrogens is 162 g/mol. The molecule has 0 heterocycles. The van der Waals surface area contributed by atoms with Crippen molar-refractivity contribution in [1.29, 1.82) is 0 Å². The Bertz CT molecular complexity index is 126. The molecular formula is C7H15NS2. The van der Waals surface area contributed by atoms with E-state index >= 15 is 0 Å². The van der Waals surface area contributed by atoms with Crippen LogP contribution < -0.4 is 0 Å². The zero-order chi connectivity index (χ0) is 8.36. The SMILES string of the molecule is CCN(C(=S)S)C(C)(C)C. The van der Waals surface area contributed by atoms with E-state index in [1.165, 1.54) is 0 Å². The highest BCUT2D eigenvalue weighted by Gasteiger charge is 2.19. The van der Waals surface area contributed by atoms with E-state index in [-0.39, 0.29) is 5.54 Å². The molecule has 0 unspecified atom stereocenters. The molecule has 0 fully saturated rings. The number of nitrogens with zero attached hydrogens (tertiary/aromatic N) is 1. The van der Waals surface area contributed by atoms with Gasteiger partial charge in [0.25, 0.3) is 0 Å². The van der Waals surface area contributed by atoms with E-state index in [1.54, 1.807) is 0 Å². The van der Waals surface area contributed by atoms with Crippen molar-refractivity contribution in [3.63, 3.8) is 0 Å². The van der Waals surface area contributed by atoms with Crippen LogP contribution in [0.3, 0.4) is 0 Å². The van der Waals surface area contributed by atoms with Gasteiger partial charge in [0, 0.05) is 12.1 Å². The van der Waals surface area contributed by atoms with Crippen LogP contribution in [0.25, 0.3) is 0 Å². The summed E-state index contributed by atoms with van der Waals surface area (Å²) in [5.41, 5.74) is 0.105. The Balaban J connectivity index is 4.22. The Labute approximate surface area is 74.2 Å². The second-order valence-electron chi connectivity index (χ2n) is 3.20. The van der Waals surface area contributed by atoms with E-state index in [0.29, 0.717) is 4.32 Å². The van der Waals surface area contributed by atoms with Crippen LogP contribution in [0.4, 0.5) is 0 Å². The van der Waals surface area contributed by atoms with Crippen molar-refractivity contribution in [3.05, 3.63) is 0 Å². The summed E-state index contributed by atoms with van der Waals surface area (Å²) in [6.07, 6.45) is 0. The van der Waals surface area contributed by atoms with Crippen molar-refractivity contribution in [2.24, 2.45) is 0 Å². The number of thiol groups is 1. The van der Waals surface area contributed by atoms with E-state index in [1.807, 2.05) is 0 Å². The summed E-state index contributed by atoms with van der Waals surface area (Å²) in [5, 5.41) is 0. The summed E-state index contributed by atoms with van der Waals surface area (Å²) in [6, 6.07) is 0. The molecule has 0 atom stereocenters. The van der Waals surface area contributed by atoms with Crippen molar-refractivity contribution < 1.29 is 0 Å². The number of hydrogen-bond acceptors (Lipinski definition) is 1. The minimum atomic E-state index is 0.105. The van der Waals surface area contributed by atoms with Crippen molar-refractivity contribution in [2.75, 3.05) is 6.54 Å². The van der Waals surface area contributed by atoms with Crippen LogP contribution >= 0.6 is 24.8 Å². The van der Waals surface area contributed by atoms with Gasteiger partial charge in [-0.15, -0.1) is 12.6 Å². The Morgan fingerprint density at radius 3 is 1.90 bits per heavy atom. The molecule has 0 rings (SSSR count). The number of thiocarbonyl (C=S) groups is 1. The molecule has 0 aromatic carbocycles. The molecule has 0 aliphatic rings. The van der Waals surface area contributed by atoms with Gasteiger partial charge in [-0.05, 0) is 27.7 Å². The Morgan fingerprint density at radius 2 is 1.90 bits per heavy atom. The van der Waals surface area contributed by atoms with Gasteiger partial charge in [-0.1, -0.05) is 12.2 Å². The maximum absolute atomic E-state index is 4.95. The first kappa shape index (κ1) is 10.2. The molecule has 0 aliphatic carbocycles. The van der Waals surface area contributed by atoms with Crippen LogP contribution in [0.2, 0.25) is 0 Å². The number of hydrogen-bond donors (Lipinski definition) is 1. The summed E-state index contributed by atoms with van der Waals surface area (Å²) in [7, 11) is 0. The average Bonchev–Trinajstić information content (AvgIpc) is 1.60. The maximum atomic E-state index is 4.95. The molecule has 0 aromatic rings. The van der Waals surface area contributed by atoms with Gasteiger partial charge in [0.2, 0.25) is 0 Å². The van der Waals surface area contributed by atoms with Crippen LogP contribution in [0.15, 0.2) is 0 Å². The van der Waals surface area contributed by atoms with Crippen LogP contribution in [-0.2, 0) is 0 Å². The van der Waals surface area contributed by atoms with Gasteiger partial charge >= 0.3 is 0 Å². The molecule has 0 saturated heterocycles. The summed E-state index contributed by atoms with van der Waals surface area (Å²) in [4.78, 5) is 2.07. The van der Waals surface area contributed by atoms with Crippen molar-refractivity contribution in [2.45, 2.75) is 33.2 Å². The third kappa shape index (κ3) is 2.88. The maximum Gasteiger partial charge on any atom is 0.133 e. The lowest BCUT2D eigenvalue weighted by atomic mass is 10.1. The van der Waals surface area contributed by atoms with Gasteiger partial charge in [-0.3, -0.25) is 0 Å². The molecule has 1 nitrogen and oxygen atoms in total. The van der Waals surface area contributed by atoms with E-state index in [0.717, 1.165) is 6.54 Å². The zero-order valence-electron chi connectivity index (χ0n) is 7.01.